The van der Waals surface area contributed by atoms with Crippen molar-refractivity contribution in [3.63, 3.8) is 0 Å². The fourth-order valence-electron chi connectivity index (χ4n) is 3.42. The molecule has 0 saturated heterocycles. The molecule has 0 radical (unpaired) electrons. The van der Waals surface area contributed by atoms with Gasteiger partial charge >= 0.3 is 0 Å². The first-order valence-electron chi connectivity index (χ1n) is 9.56. The molecule has 4 nitrogen and oxygen atoms in total. The van der Waals surface area contributed by atoms with Gasteiger partial charge in [0.15, 0.2) is 0 Å². The number of nitrogens with one attached hydrogen (secondary N) is 2. The van der Waals surface area contributed by atoms with E-state index in [-0.39, 0.29) is 22.9 Å². The number of fused-ring (bicyclic) bond motifs is 2. The lowest BCUT2D eigenvalue weighted by atomic mass is 9.90. The maximum atomic E-state index is 13.2. The van der Waals surface area contributed by atoms with E-state index < -0.39 is 0 Å². The molecule has 0 aromatic heterocycles. The highest BCUT2D eigenvalue weighted by molar-refractivity contribution is 6.26. The normalized spacial score (nSPS) is 12.2. The first-order valence-corrected chi connectivity index (χ1v) is 9.56. The summed E-state index contributed by atoms with van der Waals surface area (Å²) in [6.45, 7) is 11.8. The average molecular weight is 377 g/mol. The molecule has 0 spiro atoms. The number of amides is 2. The van der Waals surface area contributed by atoms with Gasteiger partial charge in [-0.25, -0.2) is 0 Å². The number of hydrogen-bond donors (Lipinski definition) is 2. The number of carbonyl (C=O) groups excluding carboxylic acids is 2. The Bertz CT molecular complexity index is 927. The zero-order valence-electron chi connectivity index (χ0n) is 17.4. The van der Waals surface area contributed by atoms with Crippen LogP contribution in [0.5, 0.6) is 0 Å². The van der Waals surface area contributed by atoms with E-state index in [1.54, 1.807) is 0 Å². The first kappa shape index (κ1) is 19.9. The predicted octanol–water partition coefficient (Wildman–Crippen LogP) is 5.05. The van der Waals surface area contributed by atoms with Crippen LogP contribution in [0.1, 0.15) is 62.3 Å². The second-order valence-electron chi connectivity index (χ2n) is 9.25. The SMILES string of the molecule is CC(C)(C)NC(=O)c1c2ccccc2c(C(=O)NC(C)(C)C)c2ccccc12. The molecule has 0 aliphatic heterocycles. The first-order chi connectivity index (χ1) is 13.0. The fourth-order valence-corrected chi connectivity index (χ4v) is 3.42. The second-order valence-corrected chi connectivity index (χ2v) is 9.25. The summed E-state index contributed by atoms with van der Waals surface area (Å²) in [4.78, 5) is 26.4. The Balaban J connectivity index is 2.37. The highest BCUT2D eigenvalue weighted by Gasteiger charge is 2.25. The summed E-state index contributed by atoms with van der Waals surface area (Å²) in [6, 6.07) is 15.2. The zero-order chi connectivity index (χ0) is 20.7. The monoisotopic (exact) mass is 376 g/mol. The van der Waals surface area contributed by atoms with Crippen LogP contribution in [0.15, 0.2) is 48.5 Å². The van der Waals surface area contributed by atoms with E-state index in [0.717, 1.165) is 21.5 Å². The third-order valence-corrected chi connectivity index (χ3v) is 4.36. The molecule has 0 saturated carbocycles. The number of benzene rings is 3. The number of rotatable bonds is 2. The molecule has 2 amide bonds. The van der Waals surface area contributed by atoms with Crippen molar-refractivity contribution in [1.82, 2.24) is 10.6 Å². The van der Waals surface area contributed by atoms with Gasteiger partial charge in [-0.1, -0.05) is 48.5 Å². The van der Waals surface area contributed by atoms with Crippen LogP contribution in [0.2, 0.25) is 0 Å². The number of carbonyl (C=O) groups is 2. The Morgan fingerprint density at radius 2 is 0.821 bits per heavy atom. The van der Waals surface area contributed by atoms with Gasteiger partial charge in [-0.15, -0.1) is 0 Å². The molecule has 0 bridgehead atoms. The van der Waals surface area contributed by atoms with E-state index in [1.165, 1.54) is 0 Å². The molecular weight excluding hydrogens is 348 g/mol. The molecule has 3 aromatic carbocycles. The molecule has 0 aliphatic rings. The van der Waals surface area contributed by atoms with E-state index in [0.29, 0.717) is 11.1 Å². The minimum absolute atomic E-state index is 0.136. The lowest BCUT2D eigenvalue weighted by Gasteiger charge is -2.24. The largest absolute Gasteiger partial charge is 0.347 e. The Labute approximate surface area is 166 Å². The van der Waals surface area contributed by atoms with Crippen molar-refractivity contribution in [2.24, 2.45) is 0 Å². The molecule has 0 heterocycles. The van der Waals surface area contributed by atoms with Crippen LogP contribution in [0, 0.1) is 0 Å². The van der Waals surface area contributed by atoms with Crippen molar-refractivity contribution in [3.8, 4) is 0 Å². The molecule has 146 valence electrons. The van der Waals surface area contributed by atoms with Gasteiger partial charge in [-0.2, -0.15) is 0 Å². The van der Waals surface area contributed by atoms with Gasteiger partial charge < -0.3 is 10.6 Å². The lowest BCUT2D eigenvalue weighted by Crippen LogP contribution is -2.41. The van der Waals surface area contributed by atoms with Crippen molar-refractivity contribution >= 4 is 33.4 Å². The van der Waals surface area contributed by atoms with Crippen molar-refractivity contribution in [2.75, 3.05) is 0 Å². The Morgan fingerprint density at radius 3 is 1.04 bits per heavy atom. The summed E-state index contributed by atoms with van der Waals surface area (Å²) in [7, 11) is 0. The number of hydrogen-bond acceptors (Lipinski definition) is 2. The van der Waals surface area contributed by atoms with Crippen LogP contribution in [-0.2, 0) is 0 Å². The van der Waals surface area contributed by atoms with Gasteiger partial charge in [0.05, 0.1) is 11.1 Å². The van der Waals surface area contributed by atoms with Crippen molar-refractivity contribution in [1.29, 1.82) is 0 Å². The van der Waals surface area contributed by atoms with E-state index in [1.807, 2.05) is 90.1 Å². The van der Waals surface area contributed by atoms with Crippen molar-refractivity contribution < 1.29 is 9.59 Å². The standard InChI is InChI=1S/C24H28N2O2/c1-23(2,3)25-21(27)19-15-11-7-9-13-17(15)20(22(28)26-24(4,5)6)18-14-10-8-12-16(18)19/h7-14H,1-6H3,(H,25,27)(H,26,28). The highest BCUT2D eigenvalue weighted by Crippen LogP contribution is 2.33. The minimum atomic E-state index is -0.360. The molecule has 0 aliphatic carbocycles. The molecule has 2 N–H and O–H groups in total. The molecular formula is C24H28N2O2. The molecule has 0 atom stereocenters. The molecule has 3 rings (SSSR count). The topological polar surface area (TPSA) is 58.2 Å². The second kappa shape index (κ2) is 6.93. The maximum Gasteiger partial charge on any atom is 0.252 e. The van der Waals surface area contributed by atoms with Crippen molar-refractivity contribution in [2.45, 2.75) is 52.6 Å². The molecule has 4 heteroatoms. The van der Waals surface area contributed by atoms with Crippen LogP contribution in [0.25, 0.3) is 21.5 Å². The summed E-state index contributed by atoms with van der Waals surface area (Å²) in [5.41, 5.74) is 0.491. The van der Waals surface area contributed by atoms with E-state index in [9.17, 15) is 9.59 Å². The predicted molar refractivity (Wildman–Crippen MR) is 116 cm³/mol. The zero-order valence-corrected chi connectivity index (χ0v) is 17.4. The Morgan fingerprint density at radius 1 is 0.571 bits per heavy atom. The molecule has 28 heavy (non-hydrogen) atoms. The van der Waals surface area contributed by atoms with E-state index >= 15 is 0 Å². The Kier molecular flexibility index (Phi) is 4.92. The minimum Gasteiger partial charge on any atom is -0.347 e. The molecule has 3 aromatic rings. The highest BCUT2D eigenvalue weighted by atomic mass is 16.2. The van der Waals surface area contributed by atoms with Crippen LogP contribution in [-0.4, -0.2) is 22.9 Å². The summed E-state index contributed by atoms with van der Waals surface area (Å²) in [5.74, 6) is -0.273. The fraction of sp³-hybridized carbons (Fsp3) is 0.333. The van der Waals surface area contributed by atoms with Gasteiger partial charge in [0.25, 0.3) is 11.8 Å². The van der Waals surface area contributed by atoms with Gasteiger partial charge in [0.1, 0.15) is 0 Å². The summed E-state index contributed by atoms with van der Waals surface area (Å²) >= 11 is 0. The van der Waals surface area contributed by atoms with Crippen LogP contribution in [0.3, 0.4) is 0 Å². The smallest absolute Gasteiger partial charge is 0.252 e. The van der Waals surface area contributed by atoms with Crippen LogP contribution < -0.4 is 10.6 Å². The van der Waals surface area contributed by atoms with E-state index in [2.05, 4.69) is 10.6 Å². The van der Waals surface area contributed by atoms with Crippen LogP contribution in [0.4, 0.5) is 0 Å². The van der Waals surface area contributed by atoms with Gasteiger partial charge in [0.2, 0.25) is 0 Å². The van der Waals surface area contributed by atoms with E-state index in [4.69, 9.17) is 0 Å². The maximum absolute atomic E-state index is 13.2. The van der Waals surface area contributed by atoms with Crippen molar-refractivity contribution in [3.05, 3.63) is 59.7 Å². The third-order valence-electron chi connectivity index (χ3n) is 4.36. The Hall–Kier alpha value is -2.88. The van der Waals surface area contributed by atoms with Gasteiger partial charge in [-0.3, -0.25) is 9.59 Å². The molecule has 0 unspecified atom stereocenters. The lowest BCUT2D eigenvalue weighted by molar-refractivity contribution is 0.0911. The quantitative estimate of drug-likeness (QED) is 0.615. The molecule has 0 fully saturated rings. The summed E-state index contributed by atoms with van der Waals surface area (Å²) < 4.78 is 0. The average Bonchev–Trinajstić information content (AvgIpc) is 2.56. The summed E-state index contributed by atoms with van der Waals surface area (Å²) in [5, 5.41) is 9.25. The summed E-state index contributed by atoms with van der Waals surface area (Å²) in [6.07, 6.45) is 0. The third kappa shape index (κ3) is 4.01. The van der Waals surface area contributed by atoms with Gasteiger partial charge in [-0.05, 0) is 63.1 Å². The van der Waals surface area contributed by atoms with Gasteiger partial charge in [0, 0.05) is 11.1 Å². The van der Waals surface area contributed by atoms with Crippen LogP contribution >= 0.6 is 0 Å².